The molecule has 0 atom stereocenters. The lowest BCUT2D eigenvalue weighted by molar-refractivity contribution is 0.306. The van der Waals surface area contributed by atoms with E-state index in [-0.39, 0.29) is 0 Å². The number of nitrogens with zero attached hydrogens (tertiary/aromatic N) is 6. The smallest absolute Gasteiger partial charge is 0.140 e. The molecule has 0 saturated heterocycles. The van der Waals surface area contributed by atoms with Gasteiger partial charge in [-0.1, -0.05) is 54.6 Å². The molecule has 6 rings (SSSR count). The Balaban J connectivity index is 1.14. The molecule has 0 fully saturated rings. The summed E-state index contributed by atoms with van der Waals surface area (Å²) < 4.78 is 9.75. The maximum Gasteiger partial charge on any atom is 0.140 e. The third-order valence-corrected chi connectivity index (χ3v) is 6.13. The highest BCUT2D eigenvalue weighted by Gasteiger charge is 2.10. The van der Waals surface area contributed by atoms with Gasteiger partial charge in [0.15, 0.2) is 0 Å². The zero-order chi connectivity index (χ0) is 25.0. The molecule has 0 spiro atoms. The van der Waals surface area contributed by atoms with E-state index < -0.39 is 0 Å². The molecular weight excluding hydrogens is 462 g/mol. The molecule has 0 aliphatic heterocycles. The Morgan fingerprint density at radius 1 is 0.838 bits per heavy atom. The zero-order valence-electron chi connectivity index (χ0n) is 20.3. The van der Waals surface area contributed by atoms with Crippen molar-refractivity contribution in [3.8, 4) is 28.3 Å². The Labute approximate surface area is 214 Å². The molecular formula is C29H25N7O. The van der Waals surface area contributed by atoms with Crippen molar-refractivity contribution in [2.75, 3.05) is 5.32 Å². The van der Waals surface area contributed by atoms with E-state index >= 15 is 0 Å². The summed E-state index contributed by atoms with van der Waals surface area (Å²) >= 11 is 0. The summed E-state index contributed by atoms with van der Waals surface area (Å²) in [4.78, 5) is 13.4. The van der Waals surface area contributed by atoms with Crippen molar-refractivity contribution in [3.05, 3.63) is 115 Å². The van der Waals surface area contributed by atoms with Gasteiger partial charge in [-0.3, -0.25) is 9.08 Å². The largest absolute Gasteiger partial charge is 0.489 e. The average Bonchev–Trinajstić information content (AvgIpc) is 3.58. The number of hydrogen-bond acceptors (Lipinski definition) is 6. The number of aryl methyl sites for hydroxylation is 1. The van der Waals surface area contributed by atoms with Crippen molar-refractivity contribution >= 4 is 11.5 Å². The number of benzene rings is 2. The third-order valence-electron chi connectivity index (χ3n) is 6.13. The minimum atomic E-state index is 0.512. The van der Waals surface area contributed by atoms with Crippen LogP contribution in [0.3, 0.4) is 0 Å². The molecule has 0 aliphatic carbocycles. The Kier molecular flexibility index (Phi) is 6.04. The first-order valence-corrected chi connectivity index (χ1v) is 12.0. The van der Waals surface area contributed by atoms with Gasteiger partial charge < -0.3 is 10.1 Å². The SMILES string of the molecule is Cn1cc(-c2ccc(CNc3cc(-c4cnc5cc(OCc6ccccc6)ccn45)ncn3)cc2)cn1. The van der Waals surface area contributed by atoms with Crippen molar-refractivity contribution in [1.29, 1.82) is 0 Å². The van der Waals surface area contributed by atoms with Crippen LogP contribution in [0.5, 0.6) is 5.75 Å². The Morgan fingerprint density at radius 2 is 1.70 bits per heavy atom. The fourth-order valence-electron chi connectivity index (χ4n) is 4.15. The zero-order valence-corrected chi connectivity index (χ0v) is 20.3. The van der Waals surface area contributed by atoms with Crippen LogP contribution in [-0.2, 0) is 20.2 Å². The van der Waals surface area contributed by atoms with Crippen LogP contribution in [0.25, 0.3) is 28.2 Å². The molecule has 0 radical (unpaired) electrons. The van der Waals surface area contributed by atoms with Gasteiger partial charge in [0.2, 0.25) is 0 Å². The summed E-state index contributed by atoms with van der Waals surface area (Å²) in [5, 5.41) is 7.64. The van der Waals surface area contributed by atoms with Crippen LogP contribution >= 0.6 is 0 Å². The number of aromatic nitrogens is 6. The third kappa shape index (κ3) is 5.04. The van der Waals surface area contributed by atoms with Crippen LogP contribution in [0.15, 0.2) is 104 Å². The van der Waals surface area contributed by atoms with Gasteiger partial charge in [-0.2, -0.15) is 5.10 Å². The second-order valence-corrected chi connectivity index (χ2v) is 8.75. The average molecular weight is 488 g/mol. The van der Waals surface area contributed by atoms with Gasteiger partial charge in [-0.05, 0) is 22.8 Å². The number of anilines is 1. The van der Waals surface area contributed by atoms with Crippen molar-refractivity contribution in [2.45, 2.75) is 13.2 Å². The van der Waals surface area contributed by atoms with E-state index in [0.29, 0.717) is 13.2 Å². The predicted molar refractivity (Wildman–Crippen MR) is 143 cm³/mol. The summed E-state index contributed by atoms with van der Waals surface area (Å²) in [6, 6.07) is 24.3. The van der Waals surface area contributed by atoms with Crippen LogP contribution in [0.2, 0.25) is 0 Å². The van der Waals surface area contributed by atoms with E-state index in [1.165, 1.54) is 0 Å². The molecule has 0 amide bonds. The van der Waals surface area contributed by atoms with Gasteiger partial charge in [0, 0.05) is 43.7 Å². The maximum atomic E-state index is 5.95. The number of rotatable bonds is 8. The Bertz CT molecular complexity index is 1640. The van der Waals surface area contributed by atoms with Crippen LogP contribution in [0.4, 0.5) is 5.82 Å². The fourth-order valence-corrected chi connectivity index (χ4v) is 4.15. The molecule has 8 heteroatoms. The lowest BCUT2D eigenvalue weighted by Crippen LogP contribution is -2.02. The van der Waals surface area contributed by atoms with Gasteiger partial charge in [-0.25, -0.2) is 15.0 Å². The van der Waals surface area contributed by atoms with E-state index in [1.807, 2.05) is 84.8 Å². The standard InChI is InChI=1S/C29H25N7O/c1-35-18-24(16-34-35)23-9-7-21(8-10-23)15-30-28-14-26(32-20-33-28)27-17-31-29-13-25(11-12-36(27)29)37-19-22-5-3-2-4-6-22/h2-14,16-18,20H,15,19H2,1H3,(H,30,32,33). The lowest BCUT2D eigenvalue weighted by Gasteiger charge is -2.09. The van der Waals surface area contributed by atoms with Crippen LogP contribution in [0, 0.1) is 0 Å². The summed E-state index contributed by atoms with van der Waals surface area (Å²) in [6.45, 7) is 1.16. The van der Waals surface area contributed by atoms with E-state index in [2.05, 4.69) is 49.6 Å². The van der Waals surface area contributed by atoms with Crippen molar-refractivity contribution in [1.82, 2.24) is 29.1 Å². The highest BCUT2D eigenvalue weighted by molar-refractivity contribution is 5.64. The molecule has 4 aromatic heterocycles. The lowest BCUT2D eigenvalue weighted by atomic mass is 10.1. The van der Waals surface area contributed by atoms with Gasteiger partial charge >= 0.3 is 0 Å². The van der Waals surface area contributed by atoms with E-state index in [4.69, 9.17) is 4.74 Å². The molecule has 8 nitrogen and oxygen atoms in total. The van der Waals surface area contributed by atoms with Crippen LogP contribution in [0.1, 0.15) is 11.1 Å². The monoisotopic (exact) mass is 487 g/mol. The molecule has 6 aromatic rings. The summed E-state index contributed by atoms with van der Waals surface area (Å²) in [7, 11) is 1.92. The summed E-state index contributed by atoms with van der Waals surface area (Å²) in [5.74, 6) is 1.52. The molecule has 1 N–H and O–H groups in total. The number of imidazole rings is 1. The van der Waals surface area contributed by atoms with Crippen LogP contribution in [-0.4, -0.2) is 29.1 Å². The molecule has 0 unspecified atom stereocenters. The number of hydrogen-bond donors (Lipinski definition) is 1. The quantitative estimate of drug-likeness (QED) is 0.310. The topological polar surface area (TPSA) is 82.2 Å². The number of fused-ring (bicyclic) bond motifs is 1. The predicted octanol–water partition coefficient (Wildman–Crippen LogP) is 5.38. The van der Waals surface area contributed by atoms with Gasteiger partial charge in [-0.15, -0.1) is 0 Å². The second-order valence-electron chi connectivity index (χ2n) is 8.75. The maximum absolute atomic E-state index is 5.95. The number of nitrogens with one attached hydrogen (secondary N) is 1. The molecule has 0 aliphatic rings. The number of pyridine rings is 1. The normalized spacial score (nSPS) is 11.1. The van der Waals surface area contributed by atoms with E-state index in [0.717, 1.165) is 50.9 Å². The first-order valence-electron chi connectivity index (χ1n) is 12.0. The first kappa shape index (κ1) is 22.5. The molecule has 0 saturated carbocycles. The first-order chi connectivity index (χ1) is 18.2. The number of ether oxygens (including phenoxy) is 1. The van der Waals surface area contributed by atoms with E-state index in [1.54, 1.807) is 11.0 Å². The minimum absolute atomic E-state index is 0.512. The highest BCUT2D eigenvalue weighted by Crippen LogP contribution is 2.24. The second kappa shape index (κ2) is 9.94. The minimum Gasteiger partial charge on any atom is -0.489 e. The van der Waals surface area contributed by atoms with Gasteiger partial charge in [0.05, 0.1) is 23.8 Å². The van der Waals surface area contributed by atoms with Crippen LogP contribution < -0.4 is 10.1 Å². The Morgan fingerprint density at radius 3 is 2.51 bits per heavy atom. The molecule has 37 heavy (non-hydrogen) atoms. The van der Waals surface area contributed by atoms with Crippen molar-refractivity contribution in [2.24, 2.45) is 7.05 Å². The highest BCUT2D eigenvalue weighted by atomic mass is 16.5. The molecule has 4 heterocycles. The van der Waals surface area contributed by atoms with Gasteiger partial charge in [0.1, 0.15) is 30.1 Å². The summed E-state index contributed by atoms with van der Waals surface area (Å²) in [6.07, 6.45) is 9.22. The van der Waals surface area contributed by atoms with Gasteiger partial charge in [0.25, 0.3) is 0 Å². The molecule has 2 aromatic carbocycles. The Hall–Kier alpha value is -4.98. The summed E-state index contributed by atoms with van der Waals surface area (Å²) in [5.41, 5.74) is 6.99. The molecule has 0 bridgehead atoms. The van der Waals surface area contributed by atoms with Crippen molar-refractivity contribution < 1.29 is 4.74 Å². The van der Waals surface area contributed by atoms with E-state index in [9.17, 15) is 0 Å². The fraction of sp³-hybridized carbons (Fsp3) is 0.103. The molecule has 182 valence electrons. The van der Waals surface area contributed by atoms with Crippen molar-refractivity contribution in [3.63, 3.8) is 0 Å².